The summed E-state index contributed by atoms with van der Waals surface area (Å²) < 4.78 is 16.9. The maximum Gasteiger partial charge on any atom is 0.314 e. The molecule has 0 amide bonds. The predicted molar refractivity (Wildman–Crippen MR) is 168 cm³/mol. The summed E-state index contributed by atoms with van der Waals surface area (Å²) in [5, 5.41) is 10.5. The Hall–Kier alpha value is -3.61. The van der Waals surface area contributed by atoms with Gasteiger partial charge in [0.15, 0.2) is 0 Å². The zero-order valence-electron chi connectivity index (χ0n) is 25.5. The van der Waals surface area contributed by atoms with Crippen LogP contribution in [0.1, 0.15) is 70.1 Å². The van der Waals surface area contributed by atoms with Crippen molar-refractivity contribution in [1.29, 1.82) is 0 Å². The van der Waals surface area contributed by atoms with Gasteiger partial charge >= 0.3 is 5.97 Å². The molecule has 0 aromatic heterocycles. The van der Waals surface area contributed by atoms with Crippen LogP contribution in [0.4, 0.5) is 0 Å². The highest BCUT2D eigenvalue weighted by Gasteiger charge is 2.23. The molecule has 0 saturated carbocycles. The van der Waals surface area contributed by atoms with Crippen LogP contribution in [0.3, 0.4) is 0 Å². The molecule has 1 unspecified atom stereocenters. The van der Waals surface area contributed by atoms with E-state index in [2.05, 4.69) is 48.2 Å². The molecular formula is C36H45NO5. The van der Waals surface area contributed by atoms with E-state index in [1.54, 1.807) is 0 Å². The number of piperidine rings is 1. The van der Waals surface area contributed by atoms with Gasteiger partial charge in [0.25, 0.3) is 0 Å². The number of hydrogen-bond donors (Lipinski definition) is 1. The van der Waals surface area contributed by atoms with Crippen molar-refractivity contribution in [3.63, 3.8) is 0 Å². The second kappa shape index (κ2) is 15.0. The van der Waals surface area contributed by atoms with E-state index >= 15 is 0 Å². The molecule has 224 valence electrons. The Bertz CT molecular complexity index is 1290. The molecule has 1 aliphatic heterocycles. The minimum Gasteiger partial charge on any atom is -0.491 e. The molecule has 0 bridgehead atoms. The van der Waals surface area contributed by atoms with Gasteiger partial charge in [0.2, 0.25) is 6.79 Å². The van der Waals surface area contributed by atoms with Gasteiger partial charge in [-0.15, -0.1) is 0 Å². The van der Waals surface area contributed by atoms with Crippen LogP contribution >= 0.6 is 0 Å². The summed E-state index contributed by atoms with van der Waals surface area (Å²) in [5.41, 5.74) is 5.09. The molecule has 6 nitrogen and oxygen atoms in total. The minimum atomic E-state index is -0.575. The summed E-state index contributed by atoms with van der Waals surface area (Å²) in [4.78, 5) is 14.4. The van der Waals surface area contributed by atoms with Gasteiger partial charge in [-0.25, -0.2) is 0 Å². The van der Waals surface area contributed by atoms with E-state index < -0.39 is 11.5 Å². The average molecular weight is 572 g/mol. The summed E-state index contributed by atoms with van der Waals surface area (Å²) >= 11 is 0. The molecule has 3 aromatic rings. The normalized spacial score (nSPS) is 15.5. The van der Waals surface area contributed by atoms with Crippen LogP contribution in [-0.4, -0.2) is 55.1 Å². The van der Waals surface area contributed by atoms with Crippen molar-refractivity contribution in [2.45, 2.75) is 59.5 Å². The number of aliphatic hydroxyl groups excluding tert-OH is 1. The molecule has 1 aliphatic rings. The van der Waals surface area contributed by atoms with Gasteiger partial charge in [-0.05, 0) is 105 Å². The summed E-state index contributed by atoms with van der Waals surface area (Å²) in [6.07, 6.45) is 4.02. The van der Waals surface area contributed by atoms with E-state index in [0.29, 0.717) is 12.3 Å². The number of likely N-dealkylation sites (tertiary alicyclic amines) is 1. The molecule has 4 rings (SSSR count). The number of carbonyl (C=O) groups is 1. The van der Waals surface area contributed by atoms with Crippen LogP contribution in [0.25, 0.3) is 11.1 Å². The fourth-order valence-electron chi connectivity index (χ4n) is 5.17. The molecule has 1 saturated heterocycles. The third-order valence-corrected chi connectivity index (χ3v) is 7.45. The van der Waals surface area contributed by atoms with Crippen LogP contribution in [0, 0.1) is 5.41 Å². The van der Waals surface area contributed by atoms with E-state index in [0.717, 1.165) is 42.0 Å². The summed E-state index contributed by atoms with van der Waals surface area (Å²) in [7, 11) is 0. The van der Waals surface area contributed by atoms with Crippen molar-refractivity contribution in [3.05, 3.63) is 95.6 Å². The lowest BCUT2D eigenvalue weighted by Crippen LogP contribution is -2.38. The molecule has 0 radical (unpaired) electrons. The van der Waals surface area contributed by atoms with Crippen LogP contribution in [0.2, 0.25) is 0 Å². The highest BCUT2D eigenvalue weighted by molar-refractivity contribution is 5.98. The number of nitrogens with zero attached hydrogens (tertiary/aromatic N) is 1. The fraction of sp³-hybridized carbons (Fsp3) is 0.417. The van der Waals surface area contributed by atoms with Gasteiger partial charge < -0.3 is 24.2 Å². The molecule has 1 N–H and O–H groups in total. The van der Waals surface area contributed by atoms with E-state index in [1.165, 1.54) is 30.4 Å². The first-order valence-corrected chi connectivity index (χ1v) is 15.1. The third-order valence-electron chi connectivity index (χ3n) is 7.45. The molecule has 1 fully saturated rings. The number of β-amino-alcohol motifs (C(OH)–C–C–N with tert-alkyl or cyclic N) is 1. The minimum absolute atomic E-state index is 0.128. The van der Waals surface area contributed by atoms with E-state index in [4.69, 9.17) is 14.2 Å². The van der Waals surface area contributed by atoms with Crippen LogP contribution in [0.5, 0.6) is 11.5 Å². The van der Waals surface area contributed by atoms with Gasteiger partial charge in [0, 0.05) is 6.54 Å². The zero-order chi connectivity index (χ0) is 30.0. The van der Waals surface area contributed by atoms with Crippen molar-refractivity contribution in [2.75, 3.05) is 33.0 Å². The topological polar surface area (TPSA) is 68.2 Å². The second-order valence-corrected chi connectivity index (χ2v) is 11.9. The Kier molecular flexibility index (Phi) is 11.2. The predicted octanol–water partition coefficient (Wildman–Crippen LogP) is 7.21. The SMILES string of the molecule is CCC(=C(c1ccc(OCOC(=O)C(C)(C)C)cc1)c1ccc(OCC(O)CN2CCCCC2)cc1)c1ccccc1. The number of hydrogen-bond acceptors (Lipinski definition) is 6. The fourth-order valence-corrected chi connectivity index (χ4v) is 5.17. The van der Waals surface area contributed by atoms with Gasteiger partial charge in [-0.1, -0.05) is 67.9 Å². The number of rotatable bonds is 12. The highest BCUT2D eigenvalue weighted by atomic mass is 16.7. The molecule has 42 heavy (non-hydrogen) atoms. The van der Waals surface area contributed by atoms with Crippen LogP contribution in [0.15, 0.2) is 78.9 Å². The summed E-state index contributed by atoms with van der Waals surface area (Å²) in [6.45, 7) is 10.5. The lowest BCUT2D eigenvalue weighted by molar-refractivity contribution is -0.159. The first-order chi connectivity index (χ1) is 20.2. The lowest BCUT2D eigenvalue weighted by atomic mass is 9.88. The smallest absolute Gasteiger partial charge is 0.314 e. The summed E-state index contributed by atoms with van der Waals surface area (Å²) in [6, 6.07) is 26.4. The molecule has 3 aromatic carbocycles. The monoisotopic (exact) mass is 571 g/mol. The number of allylic oxidation sites excluding steroid dienone is 1. The number of carbonyl (C=O) groups excluding carboxylic acids is 1. The third kappa shape index (κ3) is 8.94. The van der Waals surface area contributed by atoms with Crippen molar-refractivity contribution in [2.24, 2.45) is 5.41 Å². The lowest BCUT2D eigenvalue weighted by Gasteiger charge is -2.28. The molecule has 6 heteroatoms. The van der Waals surface area contributed by atoms with E-state index in [-0.39, 0.29) is 19.4 Å². The Balaban J connectivity index is 1.50. The van der Waals surface area contributed by atoms with Gasteiger partial charge in [0.1, 0.15) is 24.2 Å². The van der Waals surface area contributed by atoms with Crippen molar-refractivity contribution in [3.8, 4) is 11.5 Å². The van der Waals surface area contributed by atoms with Gasteiger partial charge in [-0.3, -0.25) is 4.79 Å². The first kappa shape index (κ1) is 31.3. The van der Waals surface area contributed by atoms with Gasteiger partial charge in [-0.2, -0.15) is 0 Å². The molecule has 0 spiro atoms. The number of benzene rings is 3. The molecule has 0 aliphatic carbocycles. The Morgan fingerprint density at radius 1 is 0.810 bits per heavy atom. The Morgan fingerprint density at radius 3 is 1.93 bits per heavy atom. The largest absolute Gasteiger partial charge is 0.491 e. The summed E-state index contributed by atoms with van der Waals surface area (Å²) in [5.74, 6) is 1.07. The van der Waals surface area contributed by atoms with Gasteiger partial charge in [0.05, 0.1) is 5.41 Å². The van der Waals surface area contributed by atoms with Crippen LogP contribution in [-0.2, 0) is 9.53 Å². The number of ether oxygens (including phenoxy) is 3. The van der Waals surface area contributed by atoms with Crippen molar-refractivity contribution in [1.82, 2.24) is 4.90 Å². The van der Waals surface area contributed by atoms with Crippen LogP contribution < -0.4 is 9.47 Å². The standard InChI is InChI=1S/C36H45NO5/c1-5-33(27-12-8-6-9-13-27)34(29-16-20-32(21-17-29)41-26-42-35(39)36(2,3)4)28-14-18-31(19-15-28)40-25-30(38)24-37-22-10-7-11-23-37/h6,8-9,12-21,30,38H,5,7,10-11,22-26H2,1-4H3. The maximum atomic E-state index is 12.0. The maximum absolute atomic E-state index is 12.0. The van der Waals surface area contributed by atoms with E-state index in [9.17, 15) is 9.90 Å². The van der Waals surface area contributed by atoms with Crippen molar-refractivity contribution >= 4 is 17.1 Å². The Labute approximate surface area is 250 Å². The molecule has 1 heterocycles. The number of aliphatic hydroxyl groups is 1. The number of esters is 1. The quantitative estimate of drug-likeness (QED) is 0.141. The van der Waals surface area contributed by atoms with Crippen molar-refractivity contribution < 1.29 is 24.1 Å². The molecular weight excluding hydrogens is 526 g/mol. The molecule has 1 atom stereocenters. The highest BCUT2D eigenvalue weighted by Crippen LogP contribution is 2.35. The zero-order valence-corrected chi connectivity index (χ0v) is 25.5. The first-order valence-electron chi connectivity index (χ1n) is 15.1. The second-order valence-electron chi connectivity index (χ2n) is 11.9. The van der Waals surface area contributed by atoms with E-state index in [1.807, 2.05) is 63.2 Å². The Morgan fingerprint density at radius 2 is 1.38 bits per heavy atom. The average Bonchev–Trinajstić information content (AvgIpc) is 3.00.